The van der Waals surface area contributed by atoms with Gasteiger partial charge in [0.15, 0.2) is 0 Å². The van der Waals surface area contributed by atoms with Crippen molar-refractivity contribution in [1.29, 1.82) is 0 Å². The number of fused-ring (bicyclic) bond motifs is 1. The number of benzene rings is 2. The van der Waals surface area contributed by atoms with Gasteiger partial charge in [0.25, 0.3) is 0 Å². The van der Waals surface area contributed by atoms with Crippen LogP contribution in [0.4, 0.5) is 4.39 Å². The van der Waals surface area contributed by atoms with Crippen LogP contribution < -0.4 is 5.32 Å². The highest BCUT2D eigenvalue weighted by molar-refractivity contribution is 6.31. The summed E-state index contributed by atoms with van der Waals surface area (Å²) < 4.78 is 16.3. The summed E-state index contributed by atoms with van der Waals surface area (Å²) in [4.78, 5) is 0. The van der Waals surface area contributed by atoms with E-state index in [2.05, 4.69) is 34.3 Å². The Balaban J connectivity index is 1.61. The second-order valence-corrected chi connectivity index (χ2v) is 7.62. The number of aromatic nitrogens is 1. The molecule has 4 rings (SSSR count). The quantitative estimate of drug-likeness (QED) is 0.591. The maximum atomic E-state index is 14.2. The van der Waals surface area contributed by atoms with Crippen molar-refractivity contribution in [3.8, 4) is 0 Å². The van der Waals surface area contributed by atoms with Gasteiger partial charge in [0.2, 0.25) is 0 Å². The van der Waals surface area contributed by atoms with Crippen molar-refractivity contribution >= 4 is 22.5 Å². The fourth-order valence-corrected chi connectivity index (χ4v) is 4.23. The standard InChI is InChI=1S/C22H24ClFN2/c23-20-10-6-11-21(24)19(20)15-26-14-16(18-9-4-5-12-22(18)26)13-25-17-7-2-1-3-8-17/h4-6,9-12,14,17,25H,1-3,7-8,13,15H2. The van der Waals surface area contributed by atoms with Crippen molar-refractivity contribution in [3.63, 3.8) is 0 Å². The fraction of sp³-hybridized carbons (Fsp3) is 0.364. The van der Waals surface area contributed by atoms with E-state index in [4.69, 9.17) is 11.6 Å². The monoisotopic (exact) mass is 370 g/mol. The van der Waals surface area contributed by atoms with Gasteiger partial charge in [-0.3, -0.25) is 0 Å². The lowest BCUT2D eigenvalue weighted by atomic mass is 9.95. The number of nitrogens with zero attached hydrogens (tertiary/aromatic N) is 1. The molecule has 4 heteroatoms. The Labute approximate surface area is 159 Å². The van der Waals surface area contributed by atoms with Crippen LogP contribution in [0.15, 0.2) is 48.7 Å². The van der Waals surface area contributed by atoms with Crippen molar-refractivity contribution in [2.24, 2.45) is 0 Å². The number of halogens is 2. The number of para-hydroxylation sites is 1. The lowest BCUT2D eigenvalue weighted by Crippen LogP contribution is -2.30. The van der Waals surface area contributed by atoms with Gasteiger partial charge in [-0.25, -0.2) is 4.39 Å². The van der Waals surface area contributed by atoms with Crippen molar-refractivity contribution in [1.82, 2.24) is 9.88 Å². The second kappa shape index (κ2) is 7.81. The van der Waals surface area contributed by atoms with Gasteiger partial charge in [-0.1, -0.05) is 55.1 Å². The van der Waals surface area contributed by atoms with Crippen molar-refractivity contribution in [2.45, 2.75) is 51.2 Å². The molecule has 0 spiro atoms. The Morgan fingerprint density at radius 3 is 2.65 bits per heavy atom. The van der Waals surface area contributed by atoms with Crippen molar-refractivity contribution in [3.05, 3.63) is 70.6 Å². The largest absolute Gasteiger partial charge is 0.343 e. The molecule has 136 valence electrons. The molecule has 1 saturated carbocycles. The normalized spacial score (nSPS) is 15.6. The van der Waals surface area contributed by atoms with Crippen LogP contribution in [0.5, 0.6) is 0 Å². The minimum absolute atomic E-state index is 0.253. The average molecular weight is 371 g/mol. The molecule has 1 fully saturated rings. The van der Waals surface area contributed by atoms with Gasteiger partial charge < -0.3 is 9.88 Å². The first-order chi connectivity index (χ1) is 12.7. The molecule has 0 aliphatic heterocycles. The third-order valence-corrected chi connectivity index (χ3v) is 5.80. The summed E-state index contributed by atoms with van der Waals surface area (Å²) in [5.74, 6) is -0.253. The Bertz CT molecular complexity index is 876. The van der Waals surface area contributed by atoms with Gasteiger partial charge in [0.05, 0.1) is 6.54 Å². The number of hydrogen-bond acceptors (Lipinski definition) is 1. The molecule has 2 aromatic carbocycles. The fourth-order valence-electron chi connectivity index (χ4n) is 4.01. The third kappa shape index (κ3) is 3.65. The minimum Gasteiger partial charge on any atom is -0.343 e. The summed E-state index contributed by atoms with van der Waals surface area (Å²) in [6.45, 7) is 1.29. The van der Waals surface area contributed by atoms with E-state index in [1.54, 1.807) is 12.1 Å². The molecule has 0 unspecified atom stereocenters. The van der Waals surface area contributed by atoms with Crippen molar-refractivity contribution < 1.29 is 4.39 Å². The molecule has 3 aromatic rings. The zero-order valence-electron chi connectivity index (χ0n) is 14.8. The molecule has 1 aliphatic rings. The summed E-state index contributed by atoms with van der Waals surface area (Å²) in [6.07, 6.45) is 8.69. The van der Waals surface area contributed by atoms with Gasteiger partial charge in [-0.05, 0) is 36.6 Å². The predicted molar refractivity (Wildman–Crippen MR) is 106 cm³/mol. The van der Waals surface area contributed by atoms with Crippen LogP contribution in [0.1, 0.15) is 43.2 Å². The Morgan fingerprint density at radius 1 is 1.04 bits per heavy atom. The van der Waals surface area contributed by atoms with Crippen LogP contribution in [0.25, 0.3) is 10.9 Å². The van der Waals surface area contributed by atoms with Crippen LogP contribution in [0.2, 0.25) is 5.02 Å². The molecule has 2 nitrogen and oxygen atoms in total. The average Bonchev–Trinajstić information content (AvgIpc) is 3.02. The summed E-state index contributed by atoms with van der Waals surface area (Å²) in [7, 11) is 0. The molecule has 1 heterocycles. The maximum absolute atomic E-state index is 14.2. The first-order valence-electron chi connectivity index (χ1n) is 9.45. The van der Waals surface area contributed by atoms with E-state index in [1.807, 2.05) is 6.07 Å². The molecule has 1 N–H and O–H groups in total. The van der Waals surface area contributed by atoms with Crippen LogP contribution in [0.3, 0.4) is 0 Å². The highest BCUT2D eigenvalue weighted by Gasteiger charge is 2.15. The van der Waals surface area contributed by atoms with Crippen molar-refractivity contribution in [2.75, 3.05) is 0 Å². The van der Waals surface area contributed by atoms with Crippen LogP contribution in [-0.2, 0) is 13.1 Å². The predicted octanol–water partition coefficient (Wildman–Crippen LogP) is 5.90. The zero-order chi connectivity index (χ0) is 17.9. The van der Waals surface area contributed by atoms with Gasteiger partial charge in [-0.2, -0.15) is 0 Å². The third-order valence-electron chi connectivity index (χ3n) is 5.45. The summed E-state index contributed by atoms with van der Waals surface area (Å²) in [6, 6.07) is 13.8. The smallest absolute Gasteiger partial charge is 0.129 e. The first-order valence-corrected chi connectivity index (χ1v) is 9.83. The van der Waals surface area contributed by atoms with E-state index in [0.29, 0.717) is 23.2 Å². The molecule has 0 bridgehead atoms. The maximum Gasteiger partial charge on any atom is 0.129 e. The molecular weight excluding hydrogens is 347 g/mol. The molecule has 0 atom stereocenters. The second-order valence-electron chi connectivity index (χ2n) is 7.22. The van der Waals surface area contributed by atoms with Crippen LogP contribution in [0, 0.1) is 5.82 Å². The topological polar surface area (TPSA) is 17.0 Å². The van der Waals surface area contributed by atoms with Crippen LogP contribution >= 0.6 is 11.6 Å². The molecule has 26 heavy (non-hydrogen) atoms. The molecule has 0 amide bonds. The highest BCUT2D eigenvalue weighted by atomic mass is 35.5. The van der Waals surface area contributed by atoms with Gasteiger partial charge in [0.1, 0.15) is 5.82 Å². The Morgan fingerprint density at radius 2 is 1.85 bits per heavy atom. The zero-order valence-corrected chi connectivity index (χ0v) is 15.6. The lowest BCUT2D eigenvalue weighted by molar-refractivity contribution is 0.372. The summed E-state index contributed by atoms with van der Waals surface area (Å²) >= 11 is 6.23. The summed E-state index contributed by atoms with van der Waals surface area (Å²) in [5.41, 5.74) is 2.92. The van der Waals surface area contributed by atoms with E-state index < -0.39 is 0 Å². The van der Waals surface area contributed by atoms with E-state index in [9.17, 15) is 4.39 Å². The Kier molecular flexibility index (Phi) is 5.28. The summed E-state index contributed by atoms with van der Waals surface area (Å²) in [5, 5.41) is 5.42. The van der Waals surface area contributed by atoms with Gasteiger partial charge in [-0.15, -0.1) is 0 Å². The first kappa shape index (κ1) is 17.6. The Hall–Kier alpha value is -1.84. The van der Waals surface area contributed by atoms with E-state index >= 15 is 0 Å². The molecule has 0 radical (unpaired) electrons. The SMILES string of the molecule is Fc1cccc(Cl)c1Cn1cc(CNC2CCCCC2)c2ccccc21. The van der Waals surface area contributed by atoms with Gasteiger partial charge >= 0.3 is 0 Å². The molecule has 1 aromatic heterocycles. The van der Waals surface area contributed by atoms with E-state index in [0.717, 1.165) is 12.1 Å². The van der Waals surface area contributed by atoms with E-state index in [1.165, 1.54) is 49.1 Å². The number of nitrogens with one attached hydrogen (secondary N) is 1. The van der Waals surface area contributed by atoms with Gasteiger partial charge in [0, 0.05) is 40.3 Å². The molecular formula is C22H24ClFN2. The number of rotatable bonds is 5. The number of hydrogen-bond donors (Lipinski definition) is 1. The minimum atomic E-state index is -0.253. The molecule has 0 saturated heterocycles. The van der Waals surface area contributed by atoms with Crippen LogP contribution in [-0.4, -0.2) is 10.6 Å². The lowest BCUT2D eigenvalue weighted by Gasteiger charge is -2.22. The molecule has 1 aliphatic carbocycles. The highest BCUT2D eigenvalue weighted by Crippen LogP contribution is 2.26. The van der Waals surface area contributed by atoms with E-state index in [-0.39, 0.29) is 5.82 Å².